The van der Waals surface area contributed by atoms with E-state index in [1.54, 1.807) is 12.1 Å². The lowest BCUT2D eigenvalue weighted by Gasteiger charge is -2.32. The molecular formula is C18H19NO3S. The van der Waals surface area contributed by atoms with Crippen molar-refractivity contribution in [3.05, 3.63) is 57.8 Å². The van der Waals surface area contributed by atoms with Crippen LogP contribution in [0.25, 0.3) is 0 Å². The van der Waals surface area contributed by atoms with Crippen molar-refractivity contribution >= 4 is 23.2 Å². The summed E-state index contributed by atoms with van der Waals surface area (Å²) < 4.78 is 0. The van der Waals surface area contributed by atoms with Crippen LogP contribution in [0.15, 0.2) is 41.1 Å². The van der Waals surface area contributed by atoms with Gasteiger partial charge < -0.3 is 10.0 Å². The fraction of sp³-hybridized carbons (Fsp3) is 0.333. The number of amides is 1. The third kappa shape index (κ3) is 3.62. The second-order valence-electron chi connectivity index (χ2n) is 5.91. The van der Waals surface area contributed by atoms with E-state index in [4.69, 9.17) is 0 Å². The van der Waals surface area contributed by atoms with Crippen molar-refractivity contribution in [2.75, 3.05) is 13.1 Å². The Hall–Kier alpha value is -2.14. The molecule has 0 bridgehead atoms. The van der Waals surface area contributed by atoms with E-state index in [0.717, 1.165) is 43.5 Å². The molecule has 0 aliphatic carbocycles. The molecule has 0 spiro atoms. The first-order valence-electron chi connectivity index (χ1n) is 7.78. The van der Waals surface area contributed by atoms with Crippen LogP contribution >= 0.6 is 11.3 Å². The average Bonchev–Trinajstić information content (AvgIpc) is 3.10. The van der Waals surface area contributed by atoms with Gasteiger partial charge in [0.15, 0.2) is 0 Å². The zero-order chi connectivity index (χ0) is 16.2. The third-order valence-electron chi connectivity index (χ3n) is 4.43. The van der Waals surface area contributed by atoms with Crippen LogP contribution < -0.4 is 0 Å². The van der Waals surface area contributed by atoms with E-state index in [0.29, 0.717) is 11.5 Å². The highest BCUT2D eigenvalue weighted by Crippen LogP contribution is 2.24. The van der Waals surface area contributed by atoms with Crippen molar-refractivity contribution in [2.45, 2.75) is 19.3 Å². The minimum absolute atomic E-state index is 0.107. The molecule has 1 saturated heterocycles. The van der Waals surface area contributed by atoms with Gasteiger partial charge in [-0.3, -0.25) is 4.79 Å². The molecule has 1 aromatic carbocycles. The fourth-order valence-corrected chi connectivity index (χ4v) is 3.76. The van der Waals surface area contributed by atoms with Crippen molar-refractivity contribution in [3.63, 3.8) is 0 Å². The number of carboxylic acid groups (broad SMARTS) is 1. The van der Waals surface area contributed by atoms with Gasteiger partial charge in [0.1, 0.15) is 0 Å². The van der Waals surface area contributed by atoms with Crippen molar-refractivity contribution in [2.24, 2.45) is 5.92 Å². The summed E-state index contributed by atoms with van der Waals surface area (Å²) in [5, 5.41) is 13.1. The Balaban J connectivity index is 1.60. The third-order valence-corrected chi connectivity index (χ3v) is 5.11. The highest BCUT2D eigenvalue weighted by atomic mass is 32.1. The lowest BCUT2D eigenvalue weighted by atomic mass is 9.88. The van der Waals surface area contributed by atoms with E-state index in [9.17, 15) is 14.7 Å². The van der Waals surface area contributed by atoms with Gasteiger partial charge >= 0.3 is 5.97 Å². The maximum absolute atomic E-state index is 12.3. The van der Waals surface area contributed by atoms with Gasteiger partial charge in [0, 0.05) is 18.5 Å². The van der Waals surface area contributed by atoms with Gasteiger partial charge in [-0.05, 0) is 48.3 Å². The SMILES string of the molecule is O=C(O)c1ccccc1CC1CCN(C(=O)c2ccsc2)CC1. The number of aromatic carboxylic acids is 1. The van der Waals surface area contributed by atoms with Crippen LogP contribution in [0.1, 0.15) is 39.1 Å². The quantitative estimate of drug-likeness (QED) is 0.933. The maximum atomic E-state index is 12.3. The molecule has 1 aliphatic rings. The fourth-order valence-electron chi connectivity index (χ4n) is 3.13. The van der Waals surface area contributed by atoms with Crippen LogP contribution in [0, 0.1) is 5.92 Å². The Labute approximate surface area is 139 Å². The van der Waals surface area contributed by atoms with Gasteiger partial charge in [-0.15, -0.1) is 0 Å². The van der Waals surface area contributed by atoms with Crippen LogP contribution in [0.5, 0.6) is 0 Å². The van der Waals surface area contributed by atoms with E-state index in [-0.39, 0.29) is 5.91 Å². The Morgan fingerprint density at radius 1 is 1.17 bits per heavy atom. The number of nitrogens with zero attached hydrogens (tertiary/aromatic N) is 1. The molecule has 0 atom stereocenters. The largest absolute Gasteiger partial charge is 0.478 e. The van der Waals surface area contributed by atoms with E-state index >= 15 is 0 Å². The average molecular weight is 329 g/mol. The minimum atomic E-state index is -0.870. The Morgan fingerprint density at radius 2 is 1.91 bits per heavy atom. The van der Waals surface area contributed by atoms with Gasteiger partial charge in [0.25, 0.3) is 5.91 Å². The molecule has 1 aromatic heterocycles. The van der Waals surface area contributed by atoms with E-state index in [1.165, 1.54) is 11.3 Å². The number of carbonyl (C=O) groups excluding carboxylic acids is 1. The monoisotopic (exact) mass is 329 g/mol. The first-order valence-corrected chi connectivity index (χ1v) is 8.72. The van der Waals surface area contributed by atoms with Crippen molar-refractivity contribution in [1.82, 2.24) is 4.90 Å². The smallest absolute Gasteiger partial charge is 0.335 e. The summed E-state index contributed by atoms with van der Waals surface area (Å²) in [6, 6.07) is 9.06. The molecule has 0 radical (unpaired) electrons. The Bertz CT molecular complexity index is 688. The Kier molecular flexibility index (Phi) is 4.76. The summed E-state index contributed by atoms with van der Waals surface area (Å²) in [4.78, 5) is 25.5. The van der Waals surface area contributed by atoms with Crippen LogP contribution in [-0.2, 0) is 6.42 Å². The molecule has 4 nitrogen and oxygen atoms in total. The van der Waals surface area contributed by atoms with E-state index < -0.39 is 5.97 Å². The van der Waals surface area contributed by atoms with E-state index in [1.807, 2.05) is 33.9 Å². The first kappa shape index (κ1) is 15.7. The number of hydrogen-bond acceptors (Lipinski definition) is 3. The summed E-state index contributed by atoms with van der Waals surface area (Å²) in [5.41, 5.74) is 2.05. The number of benzene rings is 1. The van der Waals surface area contributed by atoms with Gasteiger partial charge in [-0.25, -0.2) is 4.79 Å². The summed E-state index contributed by atoms with van der Waals surface area (Å²) in [7, 11) is 0. The molecule has 23 heavy (non-hydrogen) atoms. The zero-order valence-electron chi connectivity index (χ0n) is 12.8. The van der Waals surface area contributed by atoms with Gasteiger partial charge in [0.05, 0.1) is 11.1 Å². The molecule has 1 aliphatic heterocycles. The van der Waals surface area contributed by atoms with Crippen LogP contribution in [0.2, 0.25) is 0 Å². The van der Waals surface area contributed by atoms with Crippen LogP contribution in [0.3, 0.4) is 0 Å². The molecular weight excluding hydrogens is 310 g/mol. The highest BCUT2D eigenvalue weighted by Gasteiger charge is 2.24. The maximum Gasteiger partial charge on any atom is 0.335 e. The van der Waals surface area contributed by atoms with E-state index in [2.05, 4.69) is 0 Å². The number of thiophene rings is 1. The number of carbonyl (C=O) groups is 2. The minimum Gasteiger partial charge on any atom is -0.478 e. The summed E-state index contributed by atoms with van der Waals surface area (Å²) in [5.74, 6) is -0.330. The highest BCUT2D eigenvalue weighted by molar-refractivity contribution is 7.08. The van der Waals surface area contributed by atoms with Gasteiger partial charge in [0.2, 0.25) is 0 Å². The predicted octanol–water partition coefficient (Wildman–Crippen LogP) is 3.54. The lowest BCUT2D eigenvalue weighted by Crippen LogP contribution is -2.38. The molecule has 0 unspecified atom stereocenters. The van der Waals surface area contributed by atoms with Gasteiger partial charge in [-0.2, -0.15) is 11.3 Å². The van der Waals surface area contributed by atoms with Crippen LogP contribution in [0.4, 0.5) is 0 Å². The summed E-state index contributed by atoms with van der Waals surface area (Å²) in [6.07, 6.45) is 2.61. The molecule has 1 amide bonds. The predicted molar refractivity (Wildman–Crippen MR) is 90.1 cm³/mol. The normalized spacial score (nSPS) is 15.6. The van der Waals surface area contributed by atoms with Crippen molar-refractivity contribution in [3.8, 4) is 0 Å². The van der Waals surface area contributed by atoms with Crippen molar-refractivity contribution in [1.29, 1.82) is 0 Å². The molecule has 5 heteroatoms. The molecule has 1 N–H and O–H groups in total. The van der Waals surface area contributed by atoms with Crippen LogP contribution in [-0.4, -0.2) is 35.0 Å². The number of carboxylic acids is 1. The summed E-state index contributed by atoms with van der Waals surface area (Å²) in [6.45, 7) is 1.49. The zero-order valence-corrected chi connectivity index (χ0v) is 13.6. The molecule has 2 aromatic rings. The summed E-state index contributed by atoms with van der Waals surface area (Å²) >= 11 is 1.54. The molecule has 2 heterocycles. The standard InChI is InChI=1S/C18H19NO3S/c20-17(15-7-10-23-12-15)19-8-5-13(6-9-19)11-14-3-1-2-4-16(14)18(21)22/h1-4,7,10,12-13H,5-6,8-9,11H2,(H,21,22). The number of hydrogen-bond donors (Lipinski definition) is 1. The molecule has 1 fully saturated rings. The van der Waals surface area contributed by atoms with Crippen molar-refractivity contribution < 1.29 is 14.7 Å². The molecule has 120 valence electrons. The number of piperidine rings is 1. The first-order chi connectivity index (χ1) is 11.1. The second-order valence-corrected chi connectivity index (χ2v) is 6.69. The second kappa shape index (κ2) is 6.96. The number of rotatable bonds is 4. The Morgan fingerprint density at radius 3 is 2.57 bits per heavy atom. The van der Waals surface area contributed by atoms with Gasteiger partial charge in [-0.1, -0.05) is 18.2 Å². The molecule has 3 rings (SSSR count). The number of likely N-dealkylation sites (tertiary alicyclic amines) is 1. The lowest BCUT2D eigenvalue weighted by molar-refractivity contribution is 0.0691. The topological polar surface area (TPSA) is 57.6 Å². The molecule has 0 saturated carbocycles.